The summed E-state index contributed by atoms with van der Waals surface area (Å²) in [6.45, 7) is 3.99. The van der Waals surface area contributed by atoms with Crippen molar-refractivity contribution >= 4 is 49.2 Å². The summed E-state index contributed by atoms with van der Waals surface area (Å²) in [6.07, 6.45) is 1.81. The molecule has 8 heteroatoms. The predicted molar refractivity (Wildman–Crippen MR) is 80.1 cm³/mol. The second-order valence-corrected chi connectivity index (χ2v) is 6.92. The molecule has 106 valence electrons. The average Bonchev–Trinajstić information content (AvgIpc) is 2.26. The van der Waals surface area contributed by atoms with Gasteiger partial charge in [0.25, 0.3) is 0 Å². The minimum atomic E-state index is -3.74. The molecule has 1 rings (SSSR count). The van der Waals surface area contributed by atoms with Crippen LogP contribution in [-0.4, -0.2) is 21.6 Å². The Kier molecular flexibility index (Phi) is 6.62. The summed E-state index contributed by atoms with van der Waals surface area (Å²) in [7, 11) is -3.74. The van der Waals surface area contributed by atoms with Crippen LogP contribution >= 0.6 is 39.1 Å². The van der Waals surface area contributed by atoms with Crippen molar-refractivity contribution in [2.45, 2.75) is 11.3 Å². The Balaban J connectivity index is 2.80. The van der Waals surface area contributed by atoms with Crippen molar-refractivity contribution in [1.82, 2.24) is 4.72 Å². The first-order valence-electron chi connectivity index (χ1n) is 5.25. The van der Waals surface area contributed by atoms with Gasteiger partial charge in [-0.15, -0.1) is 0 Å². The Morgan fingerprint density at radius 3 is 2.47 bits per heavy atom. The van der Waals surface area contributed by atoms with Crippen LogP contribution in [0.1, 0.15) is 6.42 Å². The normalized spacial score (nSPS) is 11.3. The van der Waals surface area contributed by atoms with E-state index in [9.17, 15) is 8.42 Å². The molecule has 0 radical (unpaired) electrons. The summed E-state index contributed by atoms with van der Waals surface area (Å²) in [5.74, 6) is 0. The highest BCUT2D eigenvalue weighted by Gasteiger charge is 2.21. The zero-order valence-corrected chi connectivity index (χ0v) is 13.7. The van der Waals surface area contributed by atoms with E-state index in [1.165, 1.54) is 18.4 Å². The summed E-state index contributed by atoms with van der Waals surface area (Å²) in [6, 6.07) is 2.95. The van der Waals surface area contributed by atoms with E-state index in [1.54, 1.807) is 0 Å². The topological polar surface area (TPSA) is 55.4 Å². The van der Waals surface area contributed by atoms with E-state index < -0.39 is 10.0 Å². The van der Waals surface area contributed by atoms with Crippen molar-refractivity contribution in [3.05, 3.63) is 39.5 Å². The summed E-state index contributed by atoms with van der Waals surface area (Å²) >= 11 is 15.0. The van der Waals surface area contributed by atoms with Crippen molar-refractivity contribution in [2.24, 2.45) is 0 Å². The lowest BCUT2D eigenvalue weighted by Crippen LogP contribution is -2.26. The molecular formula is C11H12BrCl2NO3S. The number of ether oxygens (including phenoxy) is 1. The highest BCUT2D eigenvalue weighted by atomic mass is 79.9. The maximum atomic E-state index is 12.1. The minimum absolute atomic E-state index is 0.0641. The second-order valence-electron chi connectivity index (χ2n) is 3.49. The Morgan fingerprint density at radius 1 is 1.37 bits per heavy atom. The first-order chi connectivity index (χ1) is 8.88. The van der Waals surface area contributed by atoms with Crippen molar-refractivity contribution in [1.29, 1.82) is 0 Å². The third-order valence-corrected chi connectivity index (χ3v) is 4.92. The molecule has 1 aromatic rings. The molecule has 0 aliphatic rings. The van der Waals surface area contributed by atoms with Gasteiger partial charge in [0.15, 0.2) is 0 Å². The summed E-state index contributed by atoms with van der Waals surface area (Å²) in [5, 5.41) is 0.128. The molecule has 0 amide bonds. The molecule has 0 aliphatic heterocycles. The molecule has 4 nitrogen and oxygen atoms in total. The third kappa shape index (κ3) is 4.96. The molecule has 0 atom stereocenters. The van der Waals surface area contributed by atoms with Gasteiger partial charge in [0.2, 0.25) is 10.0 Å². The lowest BCUT2D eigenvalue weighted by molar-refractivity contribution is 0.247. The number of benzene rings is 1. The molecule has 0 saturated carbocycles. The van der Waals surface area contributed by atoms with E-state index in [-0.39, 0.29) is 21.5 Å². The molecule has 1 N–H and O–H groups in total. The fraction of sp³-hybridized carbons (Fsp3) is 0.273. The molecule has 1 aromatic carbocycles. The molecule has 0 aliphatic carbocycles. The van der Waals surface area contributed by atoms with Gasteiger partial charge in [-0.3, -0.25) is 0 Å². The van der Waals surface area contributed by atoms with E-state index in [0.29, 0.717) is 17.5 Å². The van der Waals surface area contributed by atoms with Crippen LogP contribution in [-0.2, 0) is 14.8 Å². The average molecular weight is 389 g/mol. The Morgan fingerprint density at radius 2 is 1.95 bits per heavy atom. The van der Waals surface area contributed by atoms with Crippen LogP contribution in [0.4, 0.5) is 0 Å². The van der Waals surface area contributed by atoms with Gasteiger partial charge in [-0.2, -0.15) is 0 Å². The van der Waals surface area contributed by atoms with Gasteiger partial charge >= 0.3 is 0 Å². The highest BCUT2D eigenvalue weighted by Crippen LogP contribution is 2.32. The molecule has 0 heterocycles. The van der Waals surface area contributed by atoms with Crippen molar-refractivity contribution in [3.63, 3.8) is 0 Å². The van der Waals surface area contributed by atoms with Crippen LogP contribution in [0.2, 0.25) is 10.0 Å². The van der Waals surface area contributed by atoms with Gasteiger partial charge in [0.1, 0.15) is 4.90 Å². The number of halogens is 3. The Bertz CT molecular complexity index is 540. The molecule has 0 saturated heterocycles. The van der Waals surface area contributed by atoms with E-state index >= 15 is 0 Å². The van der Waals surface area contributed by atoms with E-state index in [4.69, 9.17) is 27.9 Å². The molecule has 0 spiro atoms. The highest BCUT2D eigenvalue weighted by molar-refractivity contribution is 9.10. The maximum Gasteiger partial charge on any atom is 0.243 e. The van der Waals surface area contributed by atoms with Crippen LogP contribution < -0.4 is 4.72 Å². The van der Waals surface area contributed by atoms with E-state index in [2.05, 4.69) is 27.2 Å². The zero-order chi connectivity index (χ0) is 14.5. The molecular weight excluding hydrogens is 377 g/mol. The summed E-state index contributed by atoms with van der Waals surface area (Å²) in [4.78, 5) is -0.122. The van der Waals surface area contributed by atoms with Crippen molar-refractivity contribution in [3.8, 4) is 0 Å². The predicted octanol–water partition coefficient (Wildman–Crippen LogP) is 3.58. The van der Waals surface area contributed by atoms with E-state index in [0.717, 1.165) is 0 Å². The minimum Gasteiger partial charge on any atom is -0.502 e. The van der Waals surface area contributed by atoms with Gasteiger partial charge < -0.3 is 4.74 Å². The van der Waals surface area contributed by atoms with Gasteiger partial charge in [-0.1, -0.05) is 45.7 Å². The van der Waals surface area contributed by atoms with Crippen LogP contribution in [0, 0.1) is 0 Å². The number of hydrogen-bond donors (Lipinski definition) is 1. The lowest BCUT2D eigenvalue weighted by Gasteiger charge is -2.10. The quantitative estimate of drug-likeness (QED) is 0.573. The van der Waals surface area contributed by atoms with Crippen LogP contribution in [0.3, 0.4) is 0 Å². The van der Waals surface area contributed by atoms with E-state index in [1.807, 2.05) is 0 Å². The van der Waals surface area contributed by atoms with Crippen LogP contribution in [0.15, 0.2) is 34.3 Å². The number of sulfonamides is 1. The van der Waals surface area contributed by atoms with Gasteiger partial charge in [0.05, 0.1) is 22.9 Å². The van der Waals surface area contributed by atoms with Crippen molar-refractivity contribution in [2.75, 3.05) is 13.2 Å². The first kappa shape index (κ1) is 16.8. The lowest BCUT2D eigenvalue weighted by atomic mass is 10.4. The third-order valence-electron chi connectivity index (χ3n) is 2.08. The van der Waals surface area contributed by atoms with Crippen LogP contribution in [0.25, 0.3) is 0 Å². The molecule has 19 heavy (non-hydrogen) atoms. The summed E-state index contributed by atoms with van der Waals surface area (Å²) in [5.41, 5.74) is 0. The molecule has 0 aromatic heterocycles. The van der Waals surface area contributed by atoms with Crippen molar-refractivity contribution < 1.29 is 13.2 Å². The standard InChI is InChI=1S/C11H12BrCl2NO3S/c1-2-18-5-3-4-15-19(16,17)11-9(13)6-8(12)7-10(11)14/h2,6-7,15H,1,3-5H2. The maximum absolute atomic E-state index is 12.1. The second kappa shape index (κ2) is 7.50. The summed E-state index contributed by atoms with van der Waals surface area (Å²) < 4.78 is 32.0. The fourth-order valence-corrected chi connectivity index (χ4v) is 4.31. The smallest absolute Gasteiger partial charge is 0.243 e. The fourth-order valence-electron chi connectivity index (χ4n) is 1.30. The Labute approximate surface area is 130 Å². The number of rotatable bonds is 7. The molecule has 0 fully saturated rings. The van der Waals surface area contributed by atoms with Gasteiger partial charge in [-0.05, 0) is 18.6 Å². The number of nitrogens with one attached hydrogen (secondary N) is 1. The van der Waals surface area contributed by atoms with Gasteiger partial charge in [-0.25, -0.2) is 13.1 Å². The number of hydrogen-bond acceptors (Lipinski definition) is 3. The largest absolute Gasteiger partial charge is 0.502 e. The molecule has 0 bridgehead atoms. The molecule has 0 unspecified atom stereocenters. The first-order valence-corrected chi connectivity index (χ1v) is 8.28. The SMILES string of the molecule is C=COCCCNS(=O)(=O)c1c(Cl)cc(Br)cc1Cl. The monoisotopic (exact) mass is 387 g/mol. The van der Waals surface area contributed by atoms with Gasteiger partial charge in [0, 0.05) is 11.0 Å². The Hall–Kier alpha value is -0.270. The zero-order valence-electron chi connectivity index (χ0n) is 9.83. The van der Waals surface area contributed by atoms with Crippen LogP contribution in [0.5, 0.6) is 0 Å².